The Morgan fingerprint density at radius 3 is 2.27 bits per heavy atom. The molecule has 2 rings (SSSR count). The summed E-state index contributed by atoms with van der Waals surface area (Å²) in [6.45, 7) is 10.3. The second-order valence-electron chi connectivity index (χ2n) is 7.30. The first-order valence-electron chi connectivity index (χ1n) is 8.83. The molecule has 1 amide bonds. The number of rotatable bonds is 5. The number of fused-ring (bicyclic) bond motifs is 1. The van der Waals surface area contributed by atoms with Crippen LogP contribution in [0.15, 0.2) is 0 Å². The molecule has 2 aliphatic rings. The average Bonchev–Trinajstić information content (AvgIpc) is 2.95. The number of ether oxygens (including phenoxy) is 1. The van der Waals surface area contributed by atoms with Crippen LogP contribution < -0.4 is 0 Å². The van der Waals surface area contributed by atoms with E-state index in [1.807, 2.05) is 0 Å². The van der Waals surface area contributed by atoms with Crippen molar-refractivity contribution < 1.29 is 32.6 Å². The van der Waals surface area contributed by atoms with Crippen LogP contribution in [-0.4, -0.2) is 79.4 Å². The Hall–Kier alpha value is -1.35. The molecule has 2 saturated heterocycles. The van der Waals surface area contributed by atoms with Gasteiger partial charge >= 0.3 is 12.1 Å². The molecule has 2 aliphatic heterocycles. The van der Waals surface area contributed by atoms with Crippen molar-refractivity contribution in [2.24, 2.45) is 17.8 Å². The van der Waals surface area contributed by atoms with E-state index >= 15 is 0 Å². The molecule has 0 aliphatic carbocycles. The summed E-state index contributed by atoms with van der Waals surface area (Å²) in [7, 11) is 1.76. The summed E-state index contributed by atoms with van der Waals surface area (Å²) in [4.78, 5) is 25.6. The molecule has 0 unspecified atom stereocenters. The number of carboxylic acids is 1. The van der Waals surface area contributed by atoms with Crippen LogP contribution in [0.2, 0.25) is 0 Å². The summed E-state index contributed by atoms with van der Waals surface area (Å²) >= 11 is 0. The van der Waals surface area contributed by atoms with Crippen molar-refractivity contribution >= 4 is 11.9 Å². The molecule has 2 heterocycles. The summed E-state index contributed by atoms with van der Waals surface area (Å²) in [6.07, 6.45) is -3.15. The van der Waals surface area contributed by atoms with E-state index in [0.29, 0.717) is 24.2 Å². The Morgan fingerprint density at radius 1 is 1.19 bits per heavy atom. The fourth-order valence-electron chi connectivity index (χ4n) is 3.35. The third-order valence-corrected chi connectivity index (χ3v) is 4.67. The molecule has 0 aromatic carbocycles. The first-order chi connectivity index (χ1) is 12.0. The maximum absolute atomic E-state index is 12.1. The molecule has 1 N–H and O–H groups in total. The monoisotopic (exact) mass is 382 g/mol. The predicted molar refractivity (Wildman–Crippen MR) is 89.6 cm³/mol. The number of nitrogens with zero attached hydrogens (tertiary/aromatic N) is 2. The van der Waals surface area contributed by atoms with Crippen LogP contribution in [0.4, 0.5) is 13.2 Å². The predicted octanol–water partition coefficient (Wildman–Crippen LogP) is 2.09. The van der Waals surface area contributed by atoms with E-state index in [2.05, 4.69) is 23.6 Å². The number of methoxy groups -OCH3 is 1. The van der Waals surface area contributed by atoms with Crippen LogP contribution in [-0.2, 0) is 14.3 Å². The van der Waals surface area contributed by atoms with Gasteiger partial charge in [0.2, 0.25) is 5.91 Å². The molecule has 0 saturated carbocycles. The summed E-state index contributed by atoms with van der Waals surface area (Å²) in [5.74, 6) is -0.523. The van der Waals surface area contributed by atoms with Gasteiger partial charge in [0.15, 0.2) is 0 Å². The van der Waals surface area contributed by atoms with Crippen LogP contribution in [0.25, 0.3) is 0 Å². The quantitative estimate of drug-likeness (QED) is 0.789. The molecule has 0 aromatic heterocycles. The second-order valence-corrected chi connectivity index (χ2v) is 7.30. The highest BCUT2D eigenvalue weighted by Crippen LogP contribution is 2.31. The first kappa shape index (κ1) is 22.7. The van der Waals surface area contributed by atoms with Crippen LogP contribution in [0, 0.1) is 17.8 Å². The van der Waals surface area contributed by atoms with Crippen LogP contribution in [0.3, 0.4) is 0 Å². The van der Waals surface area contributed by atoms with E-state index in [-0.39, 0.29) is 0 Å². The van der Waals surface area contributed by atoms with Gasteiger partial charge in [0, 0.05) is 39.7 Å². The Morgan fingerprint density at radius 2 is 1.77 bits per heavy atom. The Balaban J connectivity index is 0.000000412. The first-order valence-corrected chi connectivity index (χ1v) is 8.83. The molecule has 6 nitrogen and oxygen atoms in total. The number of hydrogen-bond donors (Lipinski definition) is 1. The van der Waals surface area contributed by atoms with Crippen molar-refractivity contribution in [1.29, 1.82) is 0 Å². The van der Waals surface area contributed by atoms with E-state index in [1.165, 1.54) is 6.42 Å². The number of carbonyl (C=O) groups is 2. The van der Waals surface area contributed by atoms with Gasteiger partial charge in [0.1, 0.15) is 0 Å². The molecule has 26 heavy (non-hydrogen) atoms. The van der Waals surface area contributed by atoms with Gasteiger partial charge in [-0.25, -0.2) is 4.79 Å². The number of likely N-dealkylation sites (tertiary alicyclic amines) is 2. The van der Waals surface area contributed by atoms with Crippen LogP contribution in [0.5, 0.6) is 0 Å². The normalized spacial score (nSPS) is 23.4. The van der Waals surface area contributed by atoms with Crippen molar-refractivity contribution in [3.8, 4) is 0 Å². The minimum Gasteiger partial charge on any atom is -0.475 e. The summed E-state index contributed by atoms with van der Waals surface area (Å²) < 4.78 is 36.9. The summed E-state index contributed by atoms with van der Waals surface area (Å²) in [5.41, 5.74) is 0. The van der Waals surface area contributed by atoms with E-state index in [0.717, 1.165) is 45.2 Å². The zero-order valence-corrected chi connectivity index (χ0v) is 15.6. The van der Waals surface area contributed by atoms with E-state index in [1.54, 1.807) is 7.11 Å². The van der Waals surface area contributed by atoms with Crippen molar-refractivity contribution in [1.82, 2.24) is 9.80 Å². The lowest BCUT2D eigenvalue weighted by molar-refractivity contribution is -0.192. The molecular weight excluding hydrogens is 353 g/mol. The average molecular weight is 382 g/mol. The third kappa shape index (κ3) is 7.49. The van der Waals surface area contributed by atoms with Gasteiger partial charge in [-0.3, -0.25) is 4.79 Å². The van der Waals surface area contributed by atoms with Gasteiger partial charge in [0.05, 0.1) is 6.61 Å². The molecule has 2 atom stereocenters. The van der Waals surface area contributed by atoms with Crippen LogP contribution in [0.1, 0.15) is 26.7 Å². The number of piperidine rings is 1. The van der Waals surface area contributed by atoms with Gasteiger partial charge in [-0.05, 0) is 30.7 Å². The SMILES string of the molecule is COCCN1CC[C@H]2CN(C(=O)CC(C)C)C[C@H]2C1.O=C(O)C(F)(F)F. The minimum atomic E-state index is -5.08. The zero-order valence-electron chi connectivity index (χ0n) is 15.6. The Bertz CT molecular complexity index is 471. The Kier molecular flexibility index (Phi) is 8.82. The molecular formula is C17H29F3N2O4. The topological polar surface area (TPSA) is 70.1 Å². The van der Waals surface area contributed by atoms with Crippen molar-refractivity contribution in [3.63, 3.8) is 0 Å². The number of carbonyl (C=O) groups excluding carboxylic acids is 1. The fraction of sp³-hybridized carbons (Fsp3) is 0.882. The number of halogens is 3. The van der Waals surface area contributed by atoms with Gasteiger partial charge in [0.25, 0.3) is 0 Å². The largest absolute Gasteiger partial charge is 0.490 e. The Labute approximate surface area is 152 Å². The summed E-state index contributed by atoms with van der Waals surface area (Å²) in [6, 6.07) is 0. The lowest BCUT2D eigenvalue weighted by Gasteiger charge is -2.33. The lowest BCUT2D eigenvalue weighted by Crippen LogP contribution is -2.41. The number of hydrogen-bond acceptors (Lipinski definition) is 4. The number of carboxylic acid groups (broad SMARTS) is 1. The smallest absolute Gasteiger partial charge is 0.475 e. The molecule has 9 heteroatoms. The molecule has 0 bridgehead atoms. The lowest BCUT2D eigenvalue weighted by atomic mass is 9.89. The minimum absolute atomic E-state index is 0.354. The number of aliphatic carboxylic acids is 1. The maximum atomic E-state index is 12.1. The third-order valence-electron chi connectivity index (χ3n) is 4.67. The highest BCUT2D eigenvalue weighted by atomic mass is 19.4. The van der Waals surface area contributed by atoms with Crippen molar-refractivity contribution in [2.45, 2.75) is 32.9 Å². The summed E-state index contributed by atoms with van der Waals surface area (Å²) in [5, 5.41) is 7.12. The van der Waals surface area contributed by atoms with E-state index in [4.69, 9.17) is 14.6 Å². The highest BCUT2D eigenvalue weighted by molar-refractivity contribution is 5.76. The molecule has 2 fully saturated rings. The van der Waals surface area contributed by atoms with Gasteiger partial charge in [-0.15, -0.1) is 0 Å². The van der Waals surface area contributed by atoms with Gasteiger partial charge in [-0.2, -0.15) is 13.2 Å². The van der Waals surface area contributed by atoms with E-state index in [9.17, 15) is 18.0 Å². The van der Waals surface area contributed by atoms with Crippen molar-refractivity contribution in [3.05, 3.63) is 0 Å². The molecule has 0 spiro atoms. The van der Waals surface area contributed by atoms with Crippen LogP contribution >= 0.6 is 0 Å². The number of alkyl halides is 3. The molecule has 152 valence electrons. The molecule has 0 aromatic rings. The fourth-order valence-corrected chi connectivity index (χ4v) is 3.35. The highest BCUT2D eigenvalue weighted by Gasteiger charge is 2.39. The number of amides is 1. The maximum Gasteiger partial charge on any atom is 0.490 e. The zero-order chi connectivity index (χ0) is 19.9. The standard InChI is InChI=1S/C15H28N2O2.C2HF3O2/c1-12(2)8-15(18)17-10-13-4-5-16(6-7-19-3)9-14(13)11-17;3-2(4,5)1(6)7/h12-14H,4-11H2,1-3H3;(H,6,7)/t13-,14+;/m0./s1. The van der Waals surface area contributed by atoms with E-state index < -0.39 is 12.1 Å². The second kappa shape index (κ2) is 10.1. The molecule has 0 radical (unpaired) electrons. The van der Waals surface area contributed by atoms with Gasteiger partial charge in [-0.1, -0.05) is 13.8 Å². The van der Waals surface area contributed by atoms with Gasteiger partial charge < -0.3 is 19.6 Å². The van der Waals surface area contributed by atoms with Crippen molar-refractivity contribution in [2.75, 3.05) is 46.4 Å².